The van der Waals surface area contributed by atoms with Crippen molar-refractivity contribution >= 4 is 5.91 Å². The number of aliphatic hydroxyl groups excluding tert-OH is 1. The van der Waals surface area contributed by atoms with E-state index < -0.39 is 6.10 Å². The Morgan fingerprint density at radius 3 is 2.29 bits per heavy atom. The number of benzene rings is 2. The van der Waals surface area contributed by atoms with E-state index in [2.05, 4.69) is 6.92 Å². The van der Waals surface area contributed by atoms with Gasteiger partial charge in [-0.15, -0.1) is 0 Å². The molecule has 1 saturated heterocycles. The molecule has 1 amide bonds. The summed E-state index contributed by atoms with van der Waals surface area (Å²) >= 11 is 0. The predicted octanol–water partition coefficient (Wildman–Crippen LogP) is 3.83. The van der Waals surface area contributed by atoms with E-state index in [9.17, 15) is 9.90 Å². The zero-order valence-corrected chi connectivity index (χ0v) is 14.2. The smallest absolute Gasteiger partial charge is 0.253 e. The molecule has 2 aromatic rings. The van der Waals surface area contributed by atoms with Gasteiger partial charge in [0.25, 0.3) is 5.91 Å². The highest BCUT2D eigenvalue weighted by Crippen LogP contribution is 2.31. The number of rotatable bonds is 4. The summed E-state index contributed by atoms with van der Waals surface area (Å²) in [5, 5.41) is 10.5. The molecule has 0 radical (unpaired) electrons. The lowest BCUT2D eigenvalue weighted by Gasteiger charge is -2.34. The van der Waals surface area contributed by atoms with Gasteiger partial charge in [-0.2, -0.15) is 0 Å². The van der Waals surface area contributed by atoms with E-state index in [1.54, 1.807) is 0 Å². The number of amides is 1. The summed E-state index contributed by atoms with van der Waals surface area (Å²) in [5.41, 5.74) is 2.97. The molecular formula is C21H25NO2. The van der Waals surface area contributed by atoms with Crippen LogP contribution in [0.25, 0.3) is 0 Å². The first-order valence-corrected chi connectivity index (χ1v) is 8.80. The minimum atomic E-state index is -0.438. The molecule has 0 aromatic heterocycles. The Kier molecular flexibility index (Phi) is 5.31. The van der Waals surface area contributed by atoms with Gasteiger partial charge >= 0.3 is 0 Å². The van der Waals surface area contributed by atoms with Gasteiger partial charge in [0, 0.05) is 18.7 Å². The normalized spacial score (nSPS) is 16.8. The van der Waals surface area contributed by atoms with Crippen molar-refractivity contribution in [3.63, 3.8) is 0 Å². The minimum Gasteiger partial charge on any atom is -0.388 e. The fraction of sp³-hybridized carbons (Fsp3) is 0.381. The first-order valence-electron chi connectivity index (χ1n) is 8.80. The molecule has 3 nitrogen and oxygen atoms in total. The van der Waals surface area contributed by atoms with Gasteiger partial charge in [0.1, 0.15) is 0 Å². The molecule has 1 N–H and O–H groups in total. The van der Waals surface area contributed by atoms with Gasteiger partial charge in [-0.1, -0.05) is 49.4 Å². The second-order valence-electron chi connectivity index (χ2n) is 6.54. The second-order valence-corrected chi connectivity index (χ2v) is 6.54. The third-order valence-electron chi connectivity index (χ3n) is 5.02. The average Bonchev–Trinajstić information content (AvgIpc) is 2.68. The number of likely N-dealkylation sites (tertiary alicyclic amines) is 1. The van der Waals surface area contributed by atoms with Crippen LogP contribution < -0.4 is 0 Å². The predicted molar refractivity (Wildman–Crippen MR) is 95.8 cm³/mol. The second kappa shape index (κ2) is 7.63. The number of hydrogen-bond acceptors (Lipinski definition) is 2. The quantitative estimate of drug-likeness (QED) is 0.929. The van der Waals surface area contributed by atoms with E-state index in [1.165, 1.54) is 5.56 Å². The zero-order valence-electron chi connectivity index (χ0n) is 14.2. The Bertz CT molecular complexity index is 658. The van der Waals surface area contributed by atoms with Crippen molar-refractivity contribution in [3.05, 3.63) is 71.3 Å². The number of hydrogen-bond donors (Lipinski definition) is 1. The van der Waals surface area contributed by atoms with Gasteiger partial charge in [-0.3, -0.25) is 4.79 Å². The van der Waals surface area contributed by atoms with E-state index in [1.807, 2.05) is 59.5 Å². The monoisotopic (exact) mass is 323 g/mol. The molecule has 3 rings (SSSR count). The summed E-state index contributed by atoms with van der Waals surface area (Å²) in [6.07, 6.45) is 2.23. The Morgan fingerprint density at radius 1 is 1.08 bits per heavy atom. The molecule has 126 valence electrons. The van der Waals surface area contributed by atoms with Gasteiger partial charge in [0.15, 0.2) is 0 Å². The maximum absolute atomic E-state index is 12.6. The van der Waals surface area contributed by atoms with Crippen LogP contribution in [0, 0.1) is 5.92 Å². The fourth-order valence-electron chi connectivity index (χ4n) is 3.41. The van der Waals surface area contributed by atoms with Crippen molar-refractivity contribution in [3.8, 4) is 0 Å². The Hall–Kier alpha value is -2.13. The number of carbonyl (C=O) groups is 1. The molecule has 1 unspecified atom stereocenters. The van der Waals surface area contributed by atoms with E-state index in [0.717, 1.165) is 30.4 Å². The van der Waals surface area contributed by atoms with Crippen LogP contribution in [0.4, 0.5) is 0 Å². The molecule has 24 heavy (non-hydrogen) atoms. The number of aryl methyl sites for hydroxylation is 1. The molecule has 1 fully saturated rings. The highest BCUT2D eigenvalue weighted by molar-refractivity contribution is 5.94. The number of carbonyl (C=O) groups excluding carboxylic acids is 1. The molecule has 0 aliphatic carbocycles. The van der Waals surface area contributed by atoms with Gasteiger partial charge in [-0.05, 0) is 48.4 Å². The zero-order chi connectivity index (χ0) is 16.9. The van der Waals surface area contributed by atoms with E-state index in [4.69, 9.17) is 0 Å². The first kappa shape index (κ1) is 16.7. The topological polar surface area (TPSA) is 40.5 Å². The van der Waals surface area contributed by atoms with Crippen molar-refractivity contribution in [2.24, 2.45) is 5.92 Å². The van der Waals surface area contributed by atoms with Crippen LogP contribution >= 0.6 is 0 Å². The molecule has 0 saturated carbocycles. The summed E-state index contributed by atoms with van der Waals surface area (Å²) in [5.74, 6) is 0.323. The maximum Gasteiger partial charge on any atom is 0.253 e. The van der Waals surface area contributed by atoms with Crippen LogP contribution in [0.2, 0.25) is 0 Å². The van der Waals surface area contributed by atoms with Crippen molar-refractivity contribution in [2.75, 3.05) is 13.1 Å². The van der Waals surface area contributed by atoms with Crippen LogP contribution in [-0.2, 0) is 6.42 Å². The molecule has 1 aliphatic heterocycles. The summed E-state index contributed by atoms with van der Waals surface area (Å²) in [7, 11) is 0. The standard InChI is InChI=1S/C21H25NO2/c1-2-16-8-10-19(11-9-16)21(24)22-14-12-18(13-15-22)20(23)17-6-4-3-5-7-17/h3-11,18,20,23H,2,12-15H2,1H3. The number of piperidine rings is 1. The van der Waals surface area contributed by atoms with Gasteiger partial charge in [0.2, 0.25) is 0 Å². The lowest BCUT2D eigenvalue weighted by atomic mass is 9.87. The lowest BCUT2D eigenvalue weighted by molar-refractivity contribution is 0.0462. The Labute approximate surface area is 143 Å². The molecule has 1 atom stereocenters. The van der Waals surface area contributed by atoms with Crippen LogP contribution in [0.15, 0.2) is 54.6 Å². The van der Waals surface area contributed by atoms with E-state index in [0.29, 0.717) is 13.1 Å². The molecule has 2 aromatic carbocycles. The molecule has 1 aliphatic rings. The lowest BCUT2D eigenvalue weighted by Crippen LogP contribution is -2.39. The third kappa shape index (κ3) is 3.68. The Balaban J connectivity index is 1.59. The molecule has 3 heteroatoms. The van der Waals surface area contributed by atoms with Crippen LogP contribution in [0.3, 0.4) is 0 Å². The molecule has 0 spiro atoms. The van der Waals surface area contributed by atoms with Gasteiger partial charge < -0.3 is 10.0 Å². The average molecular weight is 323 g/mol. The van der Waals surface area contributed by atoms with Crippen molar-refractivity contribution < 1.29 is 9.90 Å². The molecular weight excluding hydrogens is 298 g/mol. The van der Waals surface area contributed by atoms with Crippen LogP contribution in [-0.4, -0.2) is 29.0 Å². The van der Waals surface area contributed by atoms with E-state index in [-0.39, 0.29) is 11.8 Å². The SMILES string of the molecule is CCc1ccc(C(=O)N2CCC(C(O)c3ccccc3)CC2)cc1. The number of nitrogens with zero attached hydrogens (tertiary/aromatic N) is 1. The van der Waals surface area contributed by atoms with Crippen LogP contribution in [0.5, 0.6) is 0 Å². The Morgan fingerprint density at radius 2 is 1.71 bits per heavy atom. The largest absolute Gasteiger partial charge is 0.388 e. The maximum atomic E-state index is 12.6. The van der Waals surface area contributed by atoms with E-state index >= 15 is 0 Å². The van der Waals surface area contributed by atoms with Crippen molar-refractivity contribution in [2.45, 2.75) is 32.3 Å². The number of aliphatic hydroxyl groups is 1. The summed E-state index contributed by atoms with van der Waals surface area (Å²) < 4.78 is 0. The third-order valence-corrected chi connectivity index (χ3v) is 5.02. The van der Waals surface area contributed by atoms with Crippen molar-refractivity contribution in [1.29, 1.82) is 0 Å². The summed E-state index contributed by atoms with van der Waals surface area (Å²) in [6, 6.07) is 17.7. The first-order chi connectivity index (χ1) is 11.7. The molecule has 1 heterocycles. The summed E-state index contributed by atoms with van der Waals surface area (Å²) in [4.78, 5) is 14.5. The highest BCUT2D eigenvalue weighted by atomic mass is 16.3. The fourth-order valence-corrected chi connectivity index (χ4v) is 3.41. The highest BCUT2D eigenvalue weighted by Gasteiger charge is 2.28. The van der Waals surface area contributed by atoms with Gasteiger partial charge in [0.05, 0.1) is 6.10 Å². The van der Waals surface area contributed by atoms with Crippen molar-refractivity contribution in [1.82, 2.24) is 4.90 Å². The minimum absolute atomic E-state index is 0.102. The summed E-state index contributed by atoms with van der Waals surface area (Å²) in [6.45, 7) is 3.53. The molecule has 0 bridgehead atoms. The van der Waals surface area contributed by atoms with Gasteiger partial charge in [-0.25, -0.2) is 0 Å². The van der Waals surface area contributed by atoms with Crippen LogP contribution in [0.1, 0.15) is 47.4 Å².